The van der Waals surface area contributed by atoms with Crippen molar-refractivity contribution < 1.29 is 22.7 Å². The van der Waals surface area contributed by atoms with E-state index in [9.17, 15) is 18.0 Å². The topological polar surface area (TPSA) is 96.0 Å². The van der Waals surface area contributed by atoms with Gasteiger partial charge in [-0.25, -0.2) is 8.42 Å². The Hall–Kier alpha value is -2.13. The highest BCUT2D eigenvalue weighted by molar-refractivity contribution is 7.89. The molecule has 1 aromatic carbocycles. The number of hydrogen-bond acceptors (Lipinski definition) is 5. The Morgan fingerprint density at radius 2 is 1.89 bits per heavy atom. The lowest BCUT2D eigenvalue weighted by atomic mass is 10.1. The van der Waals surface area contributed by atoms with Gasteiger partial charge in [0, 0.05) is 26.2 Å². The van der Waals surface area contributed by atoms with E-state index in [1.165, 1.54) is 13.1 Å². The van der Waals surface area contributed by atoms with Gasteiger partial charge < -0.3 is 15.0 Å². The molecule has 0 aromatic heterocycles. The second-order valence-electron chi connectivity index (χ2n) is 7.42. The van der Waals surface area contributed by atoms with E-state index in [0.29, 0.717) is 30.1 Å². The standard InChI is InChI=1S/C19H27N3O5S/c1-13-10-15-16(27-14(2)19(24)20-15)11-17(13)28(25,26)21(3)12-18(23)22-8-6-4-5-7-9-22/h10-11,14H,4-9,12H2,1-3H3,(H,20,24). The fourth-order valence-corrected chi connectivity index (χ4v) is 4.82. The molecule has 8 nitrogen and oxygen atoms in total. The fourth-order valence-electron chi connectivity index (χ4n) is 3.48. The molecule has 0 aliphatic carbocycles. The number of aryl methyl sites for hydroxylation is 1. The normalized spacial score (nSPS) is 20.2. The molecule has 1 aromatic rings. The number of nitrogens with one attached hydrogen (secondary N) is 1. The first kappa shape index (κ1) is 20.6. The van der Waals surface area contributed by atoms with Gasteiger partial charge in [-0.2, -0.15) is 4.31 Å². The van der Waals surface area contributed by atoms with Crippen molar-refractivity contribution in [2.24, 2.45) is 0 Å². The van der Waals surface area contributed by atoms with Gasteiger partial charge in [0.05, 0.1) is 17.1 Å². The molecule has 1 unspecified atom stereocenters. The van der Waals surface area contributed by atoms with Gasteiger partial charge in [0.25, 0.3) is 5.91 Å². The fraction of sp³-hybridized carbons (Fsp3) is 0.579. The Bertz CT molecular complexity index is 876. The van der Waals surface area contributed by atoms with Crippen molar-refractivity contribution in [2.45, 2.75) is 50.5 Å². The lowest BCUT2D eigenvalue weighted by molar-refractivity contribution is -0.131. The monoisotopic (exact) mass is 409 g/mol. The molecule has 2 aliphatic rings. The van der Waals surface area contributed by atoms with Gasteiger partial charge >= 0.3 is 0 Å². The Morgan fingerprint density at radius 3 is 2.54 bits per heavy atom. The van der Waals surface area contributed by atoms with Gasteiger partial charge in [0.15, 0.2) is 6.10 Å². The number of fused-ring (bicyclic) bond motifs is 1. The Morgan fingerprint density at radius 1 is 1.25 bits per heavy atom. The van der Waals surface area contributed by atoms with E-state index in [0.717, 1.165) is 30.0 Å². The van der Waals surface area contributed by atoms with Gasteiger partial charge in [0.2, 0.25) is 15.9 Å². The summed E-state index contributed by atoms with van der Waals surface area (Å²) in [5.74, 6) is -0.146. The van der Waals surface area contributed by atoms with E-state index in [-0.39, 0.29) is 23.3 Å². The van der Waals surface area contributed by atoms with Crippen LogP contribution in [-0.2, 0) is 19.6 Å². The molecule has 0 bridgehead atoms. The summed E-state index contributed by atoms with van der Waals surface area (Å²) in [6.07, 6.45) is 3.40. The van der Waals surface area contributed by atoms with Crippen molar-refractivity contribution in [3.8, 4) is 5.75 Å². The second kappa shape index (κ2) is 8.08. The van der Waals surface area contributed by atoms with E-state index in [4.69, 9.17) is 4.74 Å². The van der Waals surface area contributed by atoms with Crippen molar-refractivity contribution in [3.05, 3.63) is 17.7 Å². The summed E-state index contributed by atoms with van der Waals surface area (Å²) in [5.41, 5.74) is 0.925. The molecule has 154 valence electrons. The number of sulfonamides is 1. The number of nitrogens with zero attached hydrogens (tertiary/aromatic N) is 2. The van der Waals surface area contributed by atoms with E-state index in [1.807, 2.05) is 0 Å². The average molecular weight is 410 g/mol. The largest absolute Gasteiger partial charge is 0.479 e. The minimum Gasteiger partial charge on any atom is -0.479 e. The summed E-state index contributed by atoms with van der Waals surface area (Å²) in [6.45, 7) is 4.40. The number of hydrogen-bond donors (Lipinski definition) is 1. The van der Waals surface area contributed by atoms with Crippen LogP contribution in [0, 0.1) is 6.92 Å². The molecule has 9 heteroatoms. The van der Waals surface area contributed by atoms with E-state index < -0.39 is 16.1 Å². The van der Waals surface area contributed by atoms with Crippen molar-refractivity contribution in [1.29, 1.82) is 0 Å². The number of amides is 2. The molecule has 1 fully saturated rings. The number of rotatable bonds is 4. The maximum absolute atomic E-state index is 13.1. The summed E-state index contributed by atoms with van der Waals surface area (Å²) >= 11 is 0. The van der Waals surface area contributed by atoms with Gasteiger partial charge in [0.1, 0.15) is 5.75 Å². The zero-order chi connectivity index (χ0) is 20.5. The van der Waals surface area contributed by atoms with Crippen LogP contribution in [0.3, 0.4) is 0 Å². The first-order chi connectivity index (χ1) is 13.2. The van der Waals surface area contributed by atoms with Crippen LogP contribution in [0.2, 0.25) is 0 Å². The molecule has 0 saturated carbocycles. The number of ether oxygens (including phenoxy) is 1. The van der Waals surface area contributed by atoms with Gasteiger partial charge in [-0.1, -0.05) is 12.8 Å². The van der Waals surface area contributed by atoms with Crippen LogP contribution in [0.5, 0.6) is 5.75 Å². The van der Waals surface area contributed by atoms with Crippen LogP contribution in [0.1, 0.15) is 38.2 Å². The average Bonchev–Trinajstić information content (AvgIpc) is 2.92. The van der Waals surface area contributed by atoms with Crippen molar-refractivity contribution in [3.63, 3.8) is 0 Å². The first-order valence-electron chi connectivity index (χ1n) is 9.56. The summed E-state index contributed by atoms with van der Waals surface area (Å²) < 4.78 is 32.8. The van der Waals surface area contributed by atoms with Gasteiger partial charge in [-0.05, 0) is 38.3 Å². The first-order valence-corrected chi connectivity index (χ1v) is 11.0. The zero-order valence-electron chi connectivity index (χ0n) is 16.5. The number of carbonyl (C=O) groups is 2. The molecule has 2 amide bonds. The Labute approximate surface area is 165 Å². The van der Waals surface area contributed by atoms with Crippen LogP contribution < -0.4 is 10.1 Å². The van der Waals surface area contributed by atoms with E-state index in [2.05, 4.69) is 5.32 Å². The highest BCUT2D eigenvalue weighted by atomic mass is 32.2. The zero-order valence-corrected chi connectivity index (χ0v) is 17.3. The molecule has 1 N–H and O–H groups in total. The predicted octanol–water partition coefficient (Wildman–Crippen LogP) is 1.74. The molecule has 3 rings (SSSR count). The van der Waals surface area contributed by atoms with Crippen LogP contribution in [0.25, 0.3) is 0 Å². The van der Waals surface area contributed by atoms with Crippen LogP contribution >= 0.6 is 0 Å². The Kier molecular flexibility index (Phi) is 5.95. The lowest BCUT2D eigenvalue weighted by Crippen LogP contribution is -2.41. The Balaban J connectivity index is 1.81. The van der Waals surface area contributed by atoms with Gasteiger partial charge in [-0.15, -0.1) is 0 Å². The van der Waals surface area contributed by atoms with Crippen molar-refractivity contribution >= 4 is 27.5 Å². The van der Waals surface area contributed by atoms with Gasteiger partial charge in [-0.3, -0.25) is 9.59 Å². The summed E-state index contributed by atoms with van der Waals surface area (Å²) in [4.78, 5) is 26.2. The molecular weight excluding hydrogens is 382 g/mol. The summed E-state index contributed by atoms with van der Waals surface area (Å²) in [5, 5.41) is 2.71. The number of benzene rings is 1. The van der Waals surface area contributed by atoms with Crippen molar-refractivity contribution in [2.75, 3.05) is 32.0 Å². The van der Waals surface area contributed by atoms with Crippen molar-refractivity contribution in [1.82, 2.24) is 9.21 Å². The van der Waals surface area contributed by atoms with E-state index >= 15 is 0 Å². The third-order valence-electron chi connectivity index (χ3n) is 5.21. The molecule has 0 spiro atoms. The second-order valence-corrected chi connectivity index (χ2v) is 9.43. The molecule has 28 heavy (non-hydrogen) atoms. The predicted molar refractivity (Wildman–Crippen MR) is 105 cm³/mol. The molecule has 2 heterocycles. The number of anilines is 1. The minimum atomic E-state index is -3.88. The number of likely N-dealkylation sites (tertiary alicyclic amines) is 1. The molecule has 0 radical (unpaired) electrons. The smallest absolute Gasteiger partial charge is 0.265 e. The number of carbonyl (C=O) groups excluding carboxylic acids is 2. The van der Waals surface area contributed by atoms with Crippen LogP contribution in [-0.4, -0.2) is 62.2 Å². The van der Waals surface area contributed by atoms with Crippen LogP contribution in [0.4, 0.5) is 5.69 Å². The summed E-state index contributed by atoms with van der Waals surface area (Å²) in [6, 6.07) is 3.00. The molecular formula is C19H27N3O5S. The number of likely N-dealkylation sites (N-methyl/N-ethyl adjacent to an activating group) is 1. The molecule has 1 saturated heterocycles. The van der Waals surface area contributed by atoms with E-state index in [1.54, 1.807) is 24.8 Å². The SMILES string of the molecule is Cc1cc2c(cc1S(=O)(=O)N(C)CC(=O)N1CCCCCC1)OC(C)C(=O)N2. The minimum absolute atomic E-state index is 0.0702. The maximum atomic E-state index is 13.1. The quantitative estimate of drug-likeness (QED) is 0.817. The third kappa shape index (κ3) is 4.15. The molecule has 2 aliphatic heterocycles. The van der Waals surface area contributed by atoms with Crippen LogP contribution in [0.15, 0.2) is 17.0 Å². The third-order valence-corrected chi connectivity index (χ3v) is 7.16. The molecule has 1 atom stereocenters. The lowest BCUT2D eigenvalue weighted by Gasteiger charge is -2.26. The highest BCUT2D eigenvalue weighted by Gasteiger charge is 2.30. The highest BCUT2D eigenvalue weighted by Crippen LogP contribution is 2.35. The maximum Gasteiger partial charge on any atom is 0.265 e. The summed E-state index contributed by atoms with van der Waals surface area (Å²) in [7, 11) is -2.47.